The number of hydrogen-bond acceptors (Lipinski definition) is 3. The van der Waals surface area contributed by atoms with Crippen LogP contribution in [0.15, 0.2) is 35.3 Å². The molecule has 1 aliphatic carbocycles. The third kappa shape index (κ3) is 9.76. The molecule has 154 valence electrons. The van der Waals surface area contributed by atoms with Gasteiger partial charge in [-0.3, -0.25) is 4.99 Å². The lowest BCUT2D eigenvalue weighted by molar-refractivity contribution is 0.0468. The van der Waals surface area contributed by atoms with Gasteiger partial charge >= 0.3 is 0 Å². The Balaban J connectivity index is 0.00000364. The average Bonchev–Trinajstić information content (AvgIpc) is 2.95. The zero-order chi connectivity index (χ0) is 18.5. The zero-order valence-electron chi connectivity index (χ0n) is 16.5. The van der Waals surface area contributed by atoms with E-state index in [-0.39, 0.29) is 36.5 Å². The van der Waals surface area contributed by atoms with Gasteiger partial charge in [-0.25, -0.2) is 0 Å². The highest BCUT2D eigenvalue weighted by Gasteiger charge is 2.12. The second kappa shape index (κ2) is 15.1. The normalized spacial score (nSPS) is 16.9. The summed E-state index contributed by atoms with van der Waals surface area (Å²) in [5.74, 6) is 0.806. The van der Waals surface area contributed by atoms with Crippen molar-refractivity contribution in [3.8, 4) is 0 Å². The van der Waals surface area contributed by atoms with Crippen LogP contribution in [0.2, 0.25) is 0 Å². The lowest BCUT2D eigenvalue weighted by Crippen LogP contribution is -2.39. The molecule has 0 aliphatic heterocycles. The molecule has 0 saturated heterocycles. The lowest BCUT2D eigenvalue weighted by atomic mass is 10.0. The summed E-state index contributed by atoms with van der Waals surface area (Å²) in [4.78, 5) is 4.64. The Hall–Kier alpha value is -0.860. The maximum atomic E-state index is 9.67. The standard InChI is InChI=1S/C21H35N3O2.HI/c1-2-22-21(23-14-15-26-20-12-8-3-4-9-13-20)24-16-19(17-25)18-10-6-5-7-11-18;/h5-7,10-11,19-20,25H,2-4,8-9,12-17H2,1H3,(H2,22,23,24);1H. The fourth-order valence-corrected chi connectivity index (χ4v) is 3.34. The predicted octanol–water partition coefficient (Wildman–Crippen LogP) is 3.68. The highest BCUT2D eigenvalue weighted by atomic mass is 127. The minimum Gasteiger partial charge on any atom is -0.396 e. The fourth-order valence-electron chi connectivity index (χ4n) is 3.34. The topological polar surface area (TPSA) is 65.9 Å². The predicted molar refractivity (Wildman–Crippen MR) is 123 cm³/mol. The van der Waals surface area contributed by atoms with Crippen LogP contribution in [0.5, 0.6) is 0 Å². The first kappa shape index (κ1) is 24.2. The van der Waals surface area contributed by atoms with Crippen molar-refractivity contribution in [3.05, 3.63) is 35.9 Å². The maximum Gasteiger partial charge on any atom is 0.191 e. The van der Waals surface area contributed by atoms with E-state index in [1.165, 1.54) is 38.5 Å². The smallest absolute Gasteiger partial charge is 0.191 e. The summed E-state index contributed by atoms with van der Waals surface area (Å²) in [5, 5.41) is 16.3. The van der Waals surface area contributed by atoms with Gasteiger partial charge in [-0.1, -0.05) is 56.0 Å². The maximum absolute atomic E-state index is 9.67. The van der Waals surface area contributed by atoms with Gasteiger partial charge in [0, 0.05) is 19.0 Å². The van der Waals surface area contributed by atoms with E-state index in [9.17, 15) is 5.11 Å². The Morgan fingerprint density at radius 1 is 1.15 bits per heavy atom. The van der Waals surface area contributed by atoms with Crippen LogP contribution in [0.1, 0.15) is 56.9 Å². The van der Waals surface area contributed by atoms with Crippen molar-refractivity contribution in [1.29, 1.82) is 0 Å². The number of ether oxygens (including phenoxy) is 1. The molecule has 1 aliphatic rings. The first-order valence-electron chi connectivity index (χ1n) is 10.1. The molecule has 0 radical (unpaired) electrons. The van der Waals surface area contributed by atoms with Crippen LogP contribution in [0, 0.1) is 0 Å². The number of nitrogens with zero attached hydrogens (tertiary/aromatic N) is 1. The van der Waals surface area contributed by atoms with Crippen LogP contribution in [-0.2, 0) is 4.74 Å². The largest absolute Gasteiger partial charge is 0.396 e. The van der Waals surface area contributed by atoms with Gasteiger partial charge in [0.25, 0.3) is 0 Å². The molecule has 1 unspecified atom stereocenters. The van der Waals surface area contributed by atoms with Crippen LogP contribution >= 0.6 is 24.0 Å². The van der Waals surface area contributed by atoms with E-state index in [4.69, 9.17) is 4.74 Å². The van der Waals surface area contributed by atoms with Gasteiger partial charge in [0.1, 0.15) is 0 Å². The summed E-state index contributed by atoms with van der Waals surface area (Å²) >= 11 is 0. The molecule has 0 aromatic heterocycles. The van der Waals surface area contributed by atoms with E-state index < -0.39 is 0 Å². The fraction of sp³-hybridized carbons (Fsp3) is 0.667. The summed E-state index contributed by atoms with van der Waals surface area (Å²) in [6.45, 7) is 4.97. The molecule has 0 heterocycles. The molecule has 3 N–H and O–H groups in total. The first-order chi connectivity index (χ1) is 12.8. The number of aliphatic imine (C=N–C) groups is 1. The van der Waals surface area contributed by atoms with Crippen molar-refractivity contribution < 1.29 is 9.84 Å². The molecule has 0 spiro atoms. The van der Waals surface area contributed by atoms with Crippen LogP contribution in [0.25, 0.3) is 0 Å². The van der Waals surface area contributed by atoms with Gasteiger partial charge in [-0.15, -0.1) is 24.0 Å². The molecule has 0 bridgehead atoms. The molecule has 27 heavy (non-hydrogen) atoms. The van der Waals surface area contributed by atoms with Gasteiger partial charge in [0.05, 0.1) is 25.9 Å². The quantitative estimate of drug-likeness (QED) is 0.163. The molecule has 6 heteroatoms. The van der Waals surface area contributed by atoms with E-state index in [1.807, 2.05) is 30.3 Å². The number of benzene rings is 1. The summed E-state index contributed by atoms with van der Waals surface area (Å²) < 4.78 is 6.02. The van der Waals surface area contributed by atoms with Crippen molar-refractivity contribution in [3.63, 3.8) is 0 Å². The van der Waals surface area contributed by atoms with Crippen LogP contribution in [-0.4, -0.2) is 50.0 Å². The van der Waals surface area contributed by atoms with Crippen molar-refractivity contribution >= 4 is 29.9 Å². The number of hydrogen-bond donors (Lipinski definition) is 3. The minimum atomic E-state index is 0. The van der Waals surface area contributed by atoms with Gasteiger partial charge < -0.3 is 20.5 Å². The molecule has 1 atom stereocenters. The van der Waals surface area contributed by atoms with Crippen LogP contribution in [0.3, 0.4) is 0 Å². The average molecular weight is 489 g/mol. The number of aliphatic hydroxyl groups is 1. The summed E-state index contributed by atoms with van der Waals surface area (Å²) in [6.07, 6.45) is 8.11. The molecule has 0 amide bonds. The van der Waals surface area contributed by atoms with E-state index in [2.05, 4.69) is 22.5 Å². The number of rotatable bonds is 9. The van der Waals surface area contributed by atoms with E-state index in [1.54, 1.807) is 0 Å². The van der Waals surface area contributed by atoms with Gasteiger partial charge in [-0.2, -0.15) is 0 Å². The Kier molecular flexibility index (Phi) is 13.5. The molecule has 1 aromatic rings. The molecule has 5 nitrogen and oxygen atoms in total. The third-order valence-electron chi connectivity index (χ3n) is 4.86. The molecular weight excluding hydrogens is 453 g/mol. The highest BCUT2D eigenvalue weighted by molar-refractivity contribution is 14.0. The SMILES string of the molecule is CCNC(=NCC(CO)c1ccccc1)NCCOC1CCCCCC1.I. The summed E-state index contributed by atoms with van der Waals surface area (Å²) in [6, 6.07) is 10.1. The first-order valence-corrected chi connectivity index (χ1v) is 10.1. The Bertz CT molecular complexity index is 505. The van der Waals surface area contributed by atoms with Crippen molar-refractivity contribution in [2.45, 2.75) is 57.5 Å². The molecule has 1 fully saturated rings. The molecule has 2 rings (SSSR count). The van der Waals surface area contributed by atoms with Gasteiger partial charge in [0.15, 0.2) is 5.96 Å². The minimum absolute atomic E-state index is 0. The van der Waals surface area contributed by atoms with Crippen LogP contribution in [0.4, 0.5) is 0 Å². The zero-order valence-corrected chi connectivity index (χ0v) is 18.9. The van der Waals surface area contributed by atoms with E-state index >= 15 is 0 Å². The van der Waals surface area contributed by atoms with Crippen molar-refractivity contribution in [1.82, 2.24) is 10.6 Å². The Morgan fingerprint density at radius 3 is 2.48 bits per heavy atom. The van der Waals surface area contributed by atoms with Crippen LogP contribution < -0.4 is 10.6 Å². The Labute approximate surface area is 181 Å². The number of aliphatic hydroxyl groups excluding tert-OH is 1. The van der Waals surface area contributed by atoms with Gasteiger partial charge in [-0.05, 0) is 25.3 Å². The highest BCUT2D eigenvalue weighted by Crippen LogP contribution is 2.19. The van der Waals surface area contributed by atoms with E-state index in [0.717, 1.165) is 24.6 Å². The summed E-state index contributed by atoms with van der Waals surface area (Å²) in [5.41, 5.74) is 1.12. The summed E-state index contributed by atoms with van der Waals surface area (Å²) in [7, 11) is 0. The second-order valence-corrected chi connectivity index (χ2v) is 6.92. The molecular formula is C21H36IN3O2. The number of halogens is 1. The lowest BCUT2D eigenvalue weighted by Gasteiger charge is -2.17. The number of nitrogens with one attached hydrogen (secondary N) is 2. The Morgan fingerprint density at radius 2 is 1.85 bits per heavy atom. The second-order valence-electron chi connectivity index (χ2n) is 6.92. The molecule has 1 saturated carbocycles. The monoisotopic (exact) mass is 489 g/mol. The molecule has 1 aromatic carbocycles. The van der Waals surface area contributed by atoms with Crippen molar-refractivity contribution in [2.75, 3.05) is 32.8 Å². The van der Waals surface area contributed by atoms with Crippen molar-refractivity contribution in [2.24, 2.45) is 4.99 Å². The number of guanidine groups is 1. The third-order valence-corrected chi connectivity index (χ3v) is 4.86. The van der Waals surface area contributed by atoms with Gasteiger partial charge in [0.2, 0.25) is 0 Å². The van der Waals surface area contributed by atoms with E-state index in [0.29, 0.717) is 19.3 Å².